The van der Waals surface area contributed by atoms with E-state index < -0.39 is 12.1 Å². The summed E-state index contributed by atoms with van der Waals surface area (Å²) in [5.41, 5.74) is 0. The largest absolute Gasteiger partial charge is 0.393 e. The van der Waals surface area contributed by atoms with Crippen LogP contribution in [0.1, 0.15) is 12.8 Å². The SMILES string of the molecule is FC(F)(F)C1CCCN(c2nnc(Cl)c3ccccc23)C1. The van der Waals surface area contributed by atoms with Crippen molar-refractivity contribution >= 4 is 28.2 Å². The van der Waals surface area contributed by atoms with E-state index in [1.54, 1.807) is 11.0 Å². The van der Waals surface area contributed by atoms with Crippen molar-refractivity contribution in [2.45, 2.75) is 19.0 Å². The minimum absolute atomic E-state index is 0.0796. The first-order valence-electron chi connectivity index (χ1n) is 6.69. The van der Waals surface area contributed by atoms with Crippen LogP contribution in [0.25, 0.3) is 10.8 Å². The molecular weight excluding hydrogens is 303 g/mol. The predicted molar refractivity (Wildman–Crippen MR) is 75.5 cm³/mol. The molecule has 0 radical (unpaired) electrons. The third kappa shape index (κ3) is 2.77. The first-order chi connectivity index (χ1) is 9.97. The number of piperidine rings is 1. The van der Waals surface area contributed by atoms with E-state index in [1.807, 2.05) is 18.2 Å². The van der Waals surface area contributed by atoms with Gasteiger partial charge in [0.25, 0.3) is 0 Å². The van der Waals surface area contributed by atoms with Gasteiger partial charge < -0.3 is 4.90 Å². The minimum atomic E-state index is -4.17. The van der Waals surface area contributed by atoms with Crippen LogP contribution in [0.3, 0.4) is 0 Å². The lowest BCUT2D eigenvalue weighted by Gasteiger charge is -2.34. The van der Waals surface area contributed by atoms with Crippen LogP contribution in [0, 0.1) is 5.92 Å². The van der Waals surface area contributed by atoms with Crippen molar-refractivity contribution in [2.75, 3.05) is 18.0 Å². The molecule has 3 rings (SSSR count). The smallest absolute Gasteiger partial charge is 0.354 e. The summed E-state index contributed by atoms with van der Waals surface area (Å²) >= 11 is 6.00. The van der Waals surface area contributed by atoms with Crippen molar-refractivity contribution in [2.24, 2.45) is 5.92 Å². The Hall–Kier alpha value is -1.56. The number of halogens is 4. The van der Waals surface area contributed by atoms with Crippen molar-refractivity contribution < 1.29 is 13.2 Å². The van der Waals surface area contributed by atoms with Gasteiger partial charge in [0, 0.05) is 23.9 Å². The average Bonchev–Trinajstić information content (AvgIpc) is 2.47. The quantitative estimate of drug-likeness (QED) is 0.794. The molecule has 0 spiro atoms. The van der Waals surface area contributed by atoms with Gasteiger partial charge in [-0.2, -0.15) is 13.2 Å². The monoisotopic (exact) mass is 315 g/mol. The van der Waals surface area contributed by atoms with Gasteiger partial charge in [0.15, 0.2) is 11.0 Å². The lowest BCUT2D eigenvalue weighted by molar-refractivity contribution is -0.176. The summed E-state index contributed by atoms with van der Waals surface area (Å²) in [5.74, 6) is -0.841. The molecule has 7 heteroatoms. The standard InChI is InChI=1S/C14H13ClF3N3/c15-12-10-5-1-2-6-11(10)13(20-19-12)21-7-3-4-9(8-21)14(16,17)18/h1-2,5-6,9H,3-4,7-8H2. The molecule has 112 valence electrons. The van der Waals surface area contributed by atoms with E-state index in [0.29, 0.717) is 24.2 Å². The Bertz CT molecular complexity index is 659. The second-order valence-electron chi connectivity index (χ2n) is 5.19. The number of alkyl halides is 3. The second-order valence-corrected chi connectivity index (χ2v) is 5.54. The van der Waals surface area contributed by atoms with E-state index >= 15 is 0 Å². The van der Waals surface area contributed by atoms with E-state index in [0.717, 1.165) is 5.39 Å². The molecule has 1 unspecified atom stereocenters. The molecule has 1 aromatic carbocycles. The molecule has 0 bridgehead atoms. The molecule has 1 fully saturated rings. The van der Waals surface area contributed by atoms with Crippen molar-refractivity contribution in [3.05, 3.63) is 29.4 Å². The summed E-state index contributed by atoms with van der Waals surface area (Å²) in [5, 5.41) is 9.59. The van der Waals surface area contributed by atoms with Gasteiger partial charge in [-0.15, -0.1) is 10.2 Å². The molecule has 0 amide bonds. The van der Waals surface area contributed by atoms with E-state index in [1.165, 1.54) is 0 Å². The topological polar surface area (TPSA) is 29.0 Å². The fourth-order valence-electron chi connectivity index (χ4n) is 2.73. The fourth-order valence-corrected chi connectivity index (χ4v) is 2.93. The second kappa shape index (κ2) is 5.33. The summed E-state index contributed by atoms with van der Waals surface area (Å²) in [6, 6.07) is 7.23. The first-order valence-corrected chi connectivity index (χ1v) is 7.07. The third-order valence-corrected chi connectivity index (χ3v) is 4.09. The molecule has 0 saturated carbocycles. The lowest BCUT2D eigenvalue weighted by atomic mass is 9.97. The zero-order chi connectivity index (χ0) is 15.0. The van der Waals surface area contributed by atoms with Gasteiger partial charge in [0.05, 0.1) is 5.92 Å². The highest BCUT2D eigenvalue weighted by molar-refractivity contribution is 6.34. The molecule has 3 nitrogen and oxygen atoms in total. The maximum Gasteiger partial charge on any atom is 0.393 e. The summed E-state index contributed by atoms with van der Waals surface area (Å²) in [6.07, 6.45) is -3.52. The Morgan fingerprint density at radius 2 is 1.86 bits per heavy atom. The minimum Gasteiger partial charge on any atom is -0.354 e. The Labute approximate surface area is 124 Å². The van der Waals surface area contributed by atoms with Gasteiger partial charge in [-0.3, -0.25) is 0 Å². The highest BCUT2D eigenvalue weighted by atomic mass is 35.5. The van der Waals surface area contributed by atoms with Crippen LogP contribution in [-0.2, 0) is 0 Å². The maximum absolute atomic E-state index is 12.9. The molecule has 21 heavy (non-hydrogen) atoms. The normalized spacial score (nSPS) is 20.0. The molecule has 1 saturated heterocycles. The van der Waals surface area contributed by atoms with E-state index in [-0.39, 0.29) is 18.1 Å². The van der Waals surface area contributed by atoms with Crippen LogP contribution >= 0.6 is 11.6 Å². The highest BCUT2D eigenvalue weighted by Gasteiger charge is 2.42. The molecular formula is C14H13ClF3N3. The lowest BCUT2D eigenvalue weighted by Crippen LogP contribution is -2.42. The van der Waals surface area contributed by atoms with Gasteiger partial charge in [0.1, 0.15) is 0 Å². The molecule has 2 heterocycles. The Balaban J connectivity index is 1.99. The molecule has 1 aliphatic heterocycles. The zero-order valence-electron chi connectivity index (χ0n) is 11.1. The molecule has 0 N–H and O–H groups in total. The van der Waals surface area contributed by atoms with Crippen LogP contribution in [0.2, 0.25) is 5.15 Å². The number of benzene rings is 1. The number of hydrogen-bond acceptors (Lipinski definition) is 3. The molecule has 1 atom stereocenters. The maximum atomic E-state index is 12.9. The van der Waals surface area contributed by atoms with Crippen molar-refractivity contribution in [1.29, 1.82) is 0 Å². The number of rotatable bonds is 1. The van der Waals surface area contributed by atoms with Crippen LogP contribution in [0.4, 0.5) is 19.0 Å². The van der Waals surface area contributed by atoms with Gasteiger partial charge >= 0.3 is 6.18 Å². The zero-order valence-corrected chi connectivity index (χ0v) is 11.8. The van der Waals surface area contributed by atoms with Gasteiger partial charge in [-0.05, 0) is 12.8 Å². The van der Waals surface area contributed by atoms with Gasteiger partial charge in [-0.25, -0.2) is 0 Å². The molecule has 1 aromatic heterocycles. The summed E-state index contributed by atoms with van der Waals surface area (Å²) in [4.78, 5) is 1.66. The van der Waals surface area contributed by atoms with E-state index in [9.17, 15) is 13.2 Å². The van der Waals surface area contributed by atoms with Gasteiger partial charge in [0.2, 0.25) is 0 Å². The number of aromatic nitrogens is 2. The molecule has 2 aromatic rings. The first kappa shape index (κ1) is 14.4. The summed E-state index contributed by atoms with van der Waals surface area (Å²) in [6.45, 7) is 0.469. The fraction of sp³-hybridized carbons (Fsp3) is 0.429. The van der Waals surface area contributed by atoms with Crippen LogP contribution in [0.15, 0.2) is 24.3 Å². The van der Waals surface area contributed by atoms with Crippen LogP contribution in [-0.4, -0.2) is 29.5 Å². The Morgan fingerprint density at radius 1 is 1.14 bits per heavy atom. The summed E-state index contributed by atoms with van der Waals surface area (Å²) in [7, 11) is 0. The third-order valence-electron chi connectivity index (χ3n) is 3.81. The predicted octanol–water partition coefficient (Wildman–Crippen LogP) is 4.06. The number of hydrogen-bond donors (Lipinski definition) is 0. The number of fused-ring (bicyclic) bond motifs is 1. The number of nitrogens with zero attached hydrogens (tertiary/aromatic N) is 3. The number of anilines is 1. The van der Waals surface area contributed by atoms with Crippen LogP contribution in [0.5, 0.6) is 0 Å². The average molecular weight is 316 g/mol. The van der Waals surface area contributed by atoms with Crippen molar-refractivity contribution in [3.8, 4) is 0 Å². The Kier molecular flexibility index (Phi) is 3.65. The van der Waals surface area contributed by atoms with E-state index in [4.69, 9.17) is 11.6 Å². The molecule has 1 aliphatic rings. The Morgan fingerprint density at radius 3 is 2.57 bits per heavy atom. The van der Waals surface area contributed by atoms with Gasteiger partial charge in [-0.1, -0.05) is 35.9 Å². The van der Waals surface area contributed by atoms with Crippen molar-refractivity contribution in [3.63, 3.8) is 0 Å². The van der Waals surface area contributed by atoms with Crippen LogP contribution < -0.4 is 4.90 Å². The molecule has 0 aliphatic carbocycles. The van der Waals surface area contributed by atoms with Crippen molar-refractivity contribution in [1.82, 2.24) is 10.2 Å². The highest BCUT2D eigenvalue weighted by Crippen LogP contribution is 2.36. The van der Waals surface area contributed by atoms with E-state index in [2.05, 4.69) is 10.2 Å². The summed E-state index contributed by atoms with van der Waals surface area (Å²) < 4.78 is 38.8.